The minimum Gasteiger partial charge on any atom is -0.354 e. The molecule has 0 fully saturated rings. The van der Waals surface area contributed by atoms with Crippen molar-refractivity contribution >= 4 is 12.1 Å². The van der Waals surface area contributed by atoms with Gasteiger partial charge in [0.1, 0.15) is 11.7 Å². The molecule has 4 nitrogen and oxygen atoms in total. The zero-order valence-electron chi connectivity index (χ0n) is 6.76. The van der Waals surface area contributed by atoms with E-state index in [1.807, 2.05) is 13.1 Å². The summed E-state index contributed by atoms with van der Waals surface area (Å²) in [5.41, 5.74) is -0.0914. The summed E-state index contributed by atoms with van der Waals surface area (Å²) < 4.78 is 0. The van der Waals surface area contributed by atoms with Crippen molar-refractivity contribution in [2.45, 2.75) is 25.6 Å². The largest absolute Gasteiger partial charge is 0.354 e. The van der Waals surface area contributed by atoms with Crippen molar-refractivity contribution < 1.29 is 0 Å². The molecule has 60 valence electrons. The fourth-order valence-corrected chi connectivity index (χ4v) is 1.51. The van der Waals surface area contributed by atoms with E-state index in [-0.39, 0.29) is 11.7 Å². The molecule has 0 aromatic carbocycles. The van der Waals surface area contributed by atoms with E-state index in [1.165, 1.54) is 0 Å². The van der Waals surface area contributed by atoms with Gasteiger partial charge in [-0.3, -0.25) is 15.3 Å². The lowest BCUT2D eigenvalue weighted by atomic mass is 10.1. The number of nitrogens with one attached hydrogen (secondary N) is 2. The van der Waals surface area contributed by atoms with Crippen molar-refractivity contribution in [3.05, 3.63) is 0 Å². The molecule has 0 aliphatic carbocycles. The van der Waals surface area contributed by atoms with E-state index in [9.17, 15) is 0 Å². The predicted octanol–water partition coefficient (Wildman–Crippen LogP) is -0.276. The van der Waals surface area contributed by atoms with Crippen LogP contribution < -0.4 is 10.6 Å². The van der Waals surface area contributed by atoms with Gasteiger partial charge in [0.25, 0.3) is 0 Å². The first-order valence-electron chi connectivity index (χ1n) is 3.78. The molecular weight excluding hydrogens is 140 g/mol. The highest BCUT2D eigenvalue weighted by molar-refractivity contribution is 5.87. The van der Waals surface area contributed by atoms with E-state index in [1.54, 1.807) is 0 Å². The van der Waals surface area contributed by atoms with Crippen LogP contribution in [0.15, 0.2) is 9.98 Å². The van der Waals surface area contributed by atoms with Gasteiger partial charge in [-0.05, 0) is 13.8 Å². The molecule has 4 heteroatoms. The van der Waals surface area contributed by atoms with Crippen molar-refractivity contribution in [3.63, 3.8) is 0 Å². The Labute approximate surface area is 65.8 Å². The van der Waals surface area contributed by atoms with Crippen LogP contribution in [0.5, 0.6) is 0 Å². The molecule has 11 heavy (non-hydrogen) atoms. The van der Waals surface area contributed by atoms with E-state index in [4.69, 9.17) is 0 Å². The summed E-state index contributed by atoms with van der Waals surface area (Å²) in [7, 11) is 0. The first-order chi connectivity index (χ1) is 5.21. The third-order valence-electron chi connectivity index (χ3n) is 2.15. The van der Waals surface area contributed by atoms with E-state index in [0.29, 0.717) is 6.67 Å². The van der Waals surface area contributed by atoms with E-state index in [2.05, 4.69) is 27.5 Å². The molecule has 0 aromatic rings. The Balaban J connectivity index is 2.28. The first-order valence-corrected chi connectivity index (χ1v) is 3.78. The van der Waals surface area contributed by atoms with Crippen LogP contribution in [-0.2, 0) is 0 Å². The highest BCUT2D eigenvalue weighted by Crippen LogP contribution is 2.17. The monoisotopic (exact) mass is 152 g/mol. The van der Waals surface area contributed by atoms with Crippen LogP contribution in [-0.4, -0.2) is 30.4 Å². The maximum atomic E-state index is 4.38. The third-order valence-corrected chi connectivity index (χ3v) is 2.15. The van der Waals surface area contributed by atoms with Gasteiger partial charge in [-0.2, -0.15) is 0 Å². The molecule has 0 spiro atoms. The van der Waals surface area contributed by atoms with E-state index >= 15 is 0 Å². The van der Waals surface area contributed by atoms with Crippen LogP contribution in [0.3, 0.4) is 0 Å². The van der Waals surface area contributed by atoms with Crippen molar-refractivity contribution in [2.24, 2.45) is 9.98 Å². The maximum absolute atomic E-state index is 4.38. The van der Waals surface area contributed by atoms with Crippen molar-refractivity contribution in [2.75, 3.05) is 6.67 Å². The second kappa shape index (κ2) is 2.04. The molecule has 2 aliphatic heterocycles. The van der Waals surface area contributed by atoms with Gasteiger partial charge in [0.2, 0.25) is 0 Å². The Morgan fingerprint density at radius 2 is 2.55 bits per heavy atom. The number of amidine groups is 1. The summed E-state index contributed by atoms with van der Waals surface area (Å²) in [6.45, 7) is 4.75. The van der Waals surface area contributed by atoms with Gasteiger partial charge in [0, 0.05) is 6.21 Å². The molecule has 2 atom stereocenters. The zero-order valence-corrected chi connectivity index (χ0v) is 6.76. The number of hydrogen-bond donors (Lipinski definition) is 2. The lowest BCUT2D eigenvalue weighted by molar-refractivity contribution is 0.325. The van der Waals surface area contributed by atoms with Crippen LogP contribution >= 0.6 is 0 Å². The average Bonchev–Trinajstić information content (AvgIpc) is 2.22. The Kier molecular flexibility index (Phi) is 1.26. The minimum absolute atomic E-state index is 0.0914. The van der Waals surface area contributed by atoms with Crippen LogP contribution in [0.2, 0.25) is 0 Å². The van der Waals surface area contributed by atoms with Gasteiger partial charge in [0.15, 0.2) is 0 Å². The molecule has 0 bridgehead atoms. The van der Waals surface area contributed by atoms with E-state index in [0.717, 1.165) is 5.84 Å². The molecular formula is C7H12N4. The predicted molar refractivity (Wildman–Crippen MR) is 44.9 cm³/mol. The Hall–Kier alpha value is -0.900. The fraction of sp³-hybridized carbons (Fsp3) is 0.714. The van der Waals surface area contributed by atoms with Crippen molar-refractivity contribution in [1.29, 1.82) is 0 Å². The topological polar surface area (TPSA) is 48.8 Å². The van der Waals surface area contributed by atoms with Gasteiger partial charge in [-0.25, -0.2) is 0 Å². The number of fused-ring (bicyclic) bond motifs is 1. The fourth-order valence-electron chi connectivity index (χ4n) is 1.51. The number of rotatable bonds is 0. The van der Waals surface area contributed by atoms with Gasteiger partial charge in [-0.1, -0.05) is 0 Å². The highest BCUT2D eigenvalue weighted by atomic mass is 15.3. The standard InChI is InChI=1S/C7H12N4/c1-5-10-6-3-8-4-9-7(6,2)11-5/h3,6,9H,4H2,1-2H3,(H,10,11). The SMILES string of the molecule is CC1=NC2C=NCNC2(C)N1. The molecule has 2 aliphatic rings. The molecule has 0 amide bonds. The molecule has 0 saturated heterocycles. The summed E-state index contributed by atoms with van der Waals surface area (Å²) in [5, 5.41) is 6.54. The summed E-state index contributed by atoms with van der Waals surface area (Å²) in [5.74, 6) is 0.985. The number of hydrogen-bond acceptors (Lipinski definition) is 4. The first kappa shape index (κ1) is 6.79. The molecule has 2 N–H and O–H groups in total. The highest BCUT2D eigenvalue weighted by Gasteiger charge is 2.38. The smallest absolute Gasteiger partial charge is 0.123 e. The summed E-state index contributed by atoms with van der Waals surface area (Å²) in [6, 6.07) is 0.163. The van der Waals surface area contributed by atoms with Gasteiger partial charge >= 0.3 is 0 Å². The molecule has 0 radical (unpaired) electrons. The summed E-state index contributed by atoms with van der Waals surface area (Å²) in [6.07, 6.45) is 1.90. The Morgan fingerprint density at radius 3 is 3.27 bits per heavy atom. The number of aliphatic imine (C=N–C) groups is 2. The molecule has 2 rings (SSSR count). The lowest BCUT2D eigenvalue weighted by Gasteiger charge is -2.32. The van der Waals surface area contributed by atoms with Crippen molar-refractivity contribution in [3.8, 4) is 0 Å². The lowest BCUT2D eigenvalue weighted by Crippen LogP contribution is -2.61. The molecule has 2 unspecified atom stereocenters. The maximum Gasteiger partial charge on any atom is 0.123 e. The van der Waals surface area contributed by atoms with Gasteiger partial charge in [0.05, 0.1) is 12.5 Å². The average molecular weight is 152 g/mol. The molecule has 2 heterocycles. The quantitative estimate of drug-likeness (QED) is 0.501. The van der Waals surface area contributed by atoms with Crippen LogP contribution in [0.4, 0.5) is 0 Å². The minimum atomic E-state index is -0.0914. The normalized spacial score (nSPS) is 41.3. The van der Waals surface area contributed by atoms with Gasteiger partial charge < -0.3 is 5.32 Å². The van der Waals surface area contributed by atoms with Crippen LogP contribution in [0.25, 0.3) is 0 Å². The second-order valence-electron chi connectivity index (χ2n) is 3.15. The van der Waals surface area contributed by atoms with Crippen LogP contribution in [0.1, 0.15) is 13.8 Å². The van der Waals surface area contributed by atoms with Crippen molar-refractivity contribution in [1.82, 2.24) is 10.6 Å². The third kappa shape index (κ3) is 0.939. The Bertz CT molecular complexity index is 233. The van der Waals surface area contributed by atoms with Crippen LogP contribution in [0, 0.1) is 0 Å². The molecule has 0 saturated carbocycles. The zero-order chi connectivity index (χ0) is 7.90. The molecule has 0 aromatic heterocycles. The summed E-state index contributed by atoms with van der Waals surface area (Å²) >= 11 is 0. The second-order valence-corrected chi connectivity index (χ2v) is 3.15. The summed E-state index contributed by atoms with van der Waals surface area (Å²) in [4.78, 5) is 8.49. The Morgan fingerprint density at radius 1 is 1.73 bits per heavy atom. The number of nitrogens with zero attached hydrogens (tertiary/aromatic N) is 2. The van der Waals surface area contributed by atoms with E-state index < -0.39 is 0 Å². The van der Waals surface area contributed by atoms with Gasteiger partial charge in [-0.15, -0.1) is 0 Å².